The topological polar surface area (TPSA) is 146 Å². The Morgan fingerprint density at radius 1 is 0.882 bits per heavy atom. The van der Waals surface area contributed by atoms with Crippen LogP contribution in [-0.2, 0) is 32.8 Å². The lowest BCUT2D eigenvalue weighted by Crippen LogP contribution is -2.33. The Labute approximate surface area is 197 Å². The molecule has 0 saturated heterocycles. The van der Waals surface area contributed by atoms with Crippen LogP contribution in [0.25, 0.3) is 0 Å². The van der Waals surface area contributed by atoms with Crippen LogP contribution < -0.4 is 10.6 Å². The molecule has 1 atom stereocenters. The van der Waals surface area contributed by atoms with Gasteiger partial charge in [0.25, 0.3) is 9.46 Å². The summed E-state index contributed by atoms with van der Waals surface area (Å²) < 4.78 is 53.7. The molecule has 2 N–H and O–H groups in total. The van der Waals surface area contributed by atoms with Gasteiger partial charge in [-0.25, -0.2) is 22.6 Å². The number of carbonyl (C=O) groups excluding carboxylic acids is 2. The standard InChI is InChI=1S/C21H27N2O9PS/c1-22-13-17(14-23-2)15-34(27,28)33(26,32-31-21(25)19-11-7-4-8-12-19)30-16-29-20(24)18-9-5-3-6-10-18/h3-12,17,22-23H,13-16H2,1-2H3. The fourth-order valence-electron chi connectivity index (χ4n) is 2.81. The molecule has 13 heteroatoms. The largest absolute Gasteiger partial charge is 0.483 e. The van der Waals surface area contributed by atoms with Crippen LogP contribution in [-0.4, -0.2) is 60.1 Å². The third kappa shape index (κ3) is 8.01. The molecule has 11 nitrogen and oxygen atoms in total. The van der Waals surface area contributed by atoms with E-state index in [0.717, 1.165) is 0 Å². The zero-order valence-corrected chi connectivity index (χ0v) is 20.4. The maximum Gasteiger partial charge on any atom is 0.483 e. The summed E-state index contributed by atoms with van der Waals surface area (Å²) in [6, 6.07) is 15.4. The molecule has 0 aliphatic rings. The van der Waals surface area contributed by atoms with Crippen molar-refractivity contribution in [1.29, 1.82) is 0 Å². The van der Waals surface area contributed by atoms with Gasteiger partial charge in [-0.3, -0.25) is 9.41 Å². The van der Waals surface area contributed by atoms with Gasteiger partial charge < -0.3 is 15.4 Å². The van der Waals surface area contributed by atoms with Crippen molar-refractivity contribution >= 4 is 28.2 Å². The third-order valence-corrected chi connectivity index (χ3v) is 9.64. The van der Waals surface area contributed by atoms with E-state index in [9.17, 15) is 22.6 Å². The van der Waals surface area contributed by atoms with E-state index in [-0.39, 0.29) is 24.2 Å². The first-order chi connectivity index (χ1) is 16.2. The number of hydrogen-bond donors (Lipinski definition) is 2. The second kappa shape index (κ2) is 13.3. The van der Waals surface area contributed by atoms with Crippen molar-refractivity contribution in [3.63, 3.8) is 0 Å². The van der Waals surface area contributed by atoms with Gasteiger partial charge >= 0.3 is 18.7 Å². The normalized spacial score (nSPS) is 13.3. The van der Waals surface area contributed by atoms with Crippen LogP contribution in [0.3, 0.4) is 0 Å². The fourth-order valence-corrected chi connectivity index (χ4v) is 6.62. The first kappa shape index (κ1) is 27.6. The molecule has 0 amide bonds. The van der Waals surface area contributed by atoms with E-state index >= 15 is 0 Å². The fraction of sp³-hybridized carbons (Fsp3) is 0.333. The van der Waals surface area contributed by atoms with Crippen LogP contribution in [0.2, 0.25) is 0 Å². The van der Waals surface area contributed by atoms with E-state index in [1.807, 2.05) is 0 Å². The highest BCUT2D eigenvalue weighted by molar-refractivity contribution is 8.49. The molecule has 2 aromatic rings. The van der Waals surface area contributed by atoms with Crippen LogP contribution in [0, 0.1) is 5.92 Å². The molecule has 0 aliphatic carbocycles. The molecule has 34 heavy (non-hydrogen) atoms. The third-order valence-electron chi connectivity index (χ3n) is 4.40. The van der Waals surface area contributed by atoms with Gasteiger partial charge in [-0.15, -0.1) is 0 Å². The molecule has 2 aromatic carbocycles. The monoisotopic (exact) mass is 514 g/mol. The second-order valence-corrected chi connectivity index (χ2v) is 12.8. The van der Waals surface area contributed by atoms with Gasteiger partial charge in [0.15, 0.2) is 0 Å². The van der Waals surface area contributed by atoms with Crippen LogP contribution in [0.15, 0.2) is 60.7 Å². The van der Waals surface area contributed by atoms with Crippen molar-refractivity contribution < 1.29 is 41.4 Å². The van der Waals surface area contributed by atoms with Crippen LogP contribution in [0.5, 0.6) is 0 Å². The molecule has 186 valence electrons. The van der Waals surface area contributed by atoms with Crippen LogP contribution in [0.4, 0.5) is 0 Å². The number of hydrogen-bond acceptors (Lipinski definition) is 11. The van der Waals surface area contributed by atoms with E-state index in [0.29, 0.717) is 0 Å². The summed E-state index contributed by atoms with van der Waals surface area (Å²) in [7, 11) is -1.38. The summed E-state index contributed by atoms with van der Waals surface area (Å²) >= 11 is 0. The number of carbonyl (C=O) groups is 2. The predicted octanol–water partition coefficient (Wildman–Crippen LogP) is 2.18. The average molecular weight is 514 g/mol. The van der Waals surface area contributed by atoms with E-state index in [1.54, 1.807) is 50.5 Å². The molecular formula is C21H27N2O9PS. The van der Waals surface area contributed by atoms with Gasteiger partial charge in [0.1, 0.15) is 0 Å². The lowest BCUT2D eigenvalue weighted by Gasteiger charge is -2.20. The number of rotatable bonds is 14. The Morgan fingerprint density at radius 3 is 1.88 bits per heavy atom. The molecular weight excluding hydrogens is 487 g/mol. The Balaban J connectivity index is 2.17. The minimum absolute atomic E-state index is 0.0326. The van der Waals surface area contributed by atoms with Crippen molar-refractivity contribution in [2.75, 3.05) is 39.7 Å². The summed E-state index contributed by atoms with van der Waals surface area (Å²) in [6.07, 6.45) is 0. The van der Waals surface area contributed by atoms with Gasteiger partial charge in [0, 0.05) is 0 Å². The molecule has 0 bridgehead atoms. The van der Waals surface area contributed by atoms with Crippen molar-refractivity contribution in [2.45, 2.75) is 0 Å². The highest BCUT2D eigenvalue weighted by Gasteiger charge is 2.46. The lowest BCUT2D eigenvalue weighted by molar-refractivity contribution is -0.158. The lowest BCUT2D eigenvalue weighted by atomic mass is 10.2. The van der Waals surface area contributed by atoms with Crippen LogP contribution in [0.1, 0.15) is 20.7 Å². The first-order valence-corrected chi connectivity index (χ1v) is 14.0. The van der Waals surface area contributed by atoms with Crippen molar-refractivity contribution in [1.82, 2.24) is 10.6 Å². The van der Waals surface area contributed by atoms with Crippen LogP contribution >= 0.6 is 6.80 Å². The average Bonchev–Trinajstić information content (AvgIpc) is 2.83. The Morgan fingerprint density at radius 2 is 1.38 bits per heavy atom. The van der Waals surface area contributed by atoms with Gasteiger partial charge in [-0.1, -0.05) is 41.1 Å². The highest BCUT2D eigenvalue weighted by Crippen LogP contribution is 2.55. The number of benzene rings is 2. The second-order valence-electron chi connectivity index (χ2n) is 7.03. The number of esters is 1. The maximum absolute atomic E-state index is 13.3. The molecule has 0 spiro atoms. The van der Waals surface area contributed by atoms with E-state index in [4.69, 9.17) is 9.26 Å². The van der Waals surface area contributed by atoms with E-state index in [2.05, 4.69) is 20.2 Å². The number of nitrogens with one attached hydrogen (secondary N) is 2. The van der Waals surface area contributed by atoms with Crippen molar-refractivity contribution in [3.05, 3.63) is 71.8 Å². The molecule has 0 heterocycles. The smallest absolute Gasteiger partial charge is 0.434 e. The first-order valence-electron chi connectivity index (χ1n) is 10.2. The minimum atomic E-state index is -5.15. The van der Waals surface area contributed by atoms with Crippen molar-refractivity contribution in [2.24, 2.45) is 5.92 Å². The predicted molar refractivity (Wildman–Crippen MR) is 123 cm³/mol. The van der Waals surface area contributed by atoms with Gasteiger partial charge in [-0.2, -0.15) is 0 Å². The summed E-state index contributed by atoms with van der Waals surface area (Å²) in [6.45, 7) is -5.63. The SMILES string of the molecule is CNCC(CNC)CS(=O)(=O)P(=O)(OCOC(=O)c1ccccc1)OOC(=O)c1ccccc1. The van der Waals surface area contributed by atoms with E-state index < -0.39 is 46.7 Å². The number of ether oxygens (including phenoxy) is 1. The summed E-state index contributed by atoms with van der Waals surface area (Å²) in [5, 5.41) is 5.69. The zero-order chi connectivity index (χ0) is 25.0. The minimum Gasteiger partial charge on any atom is -0.434 e. The molecule has 0 saturated carbocycles. The Kier molecular flexibility index (Phi) is 10.8. The van der Waals surface area contributed by atoms with Crippen molar-refractivity contribution in [3.8, 4) is 0 Å². The van der Waals surface area contributed by atoms with Gasteiger partial charge in [0.05, 0.1) is 16.9 Å². The maximum atomic E-state index is 13.3. The highest BCUT2D eigenvalue weighted by atomic mass is 32.8. The van der Waals surface area contributed by atoms with Gasteiger partial charge in [0.2, 0.25) is 6.79 Å². The Hall–Kier alpha value is -2.60. The molecule has 0 fully saturated rings. The summed E-state index contributed by atoms with van der Waals surface area (Å²) in [5.74, 6) is -3.06. The quantitative estimate of drug-likeness (QED) is 0.126. The molecule has 0 aliphatic heterocycles. The molecule has 0 aromatic heterocycles. The molecule has 0 radical (unpaired) electrons. The molecule has 2 rings (SSSR count). The summed E-state index contributed by atoms with van der Waals surface area (Å²) in [5.41, 5.74) is 0.202. The van der Waals surface area contributed by atoms with E-state index in [1.165, 1.54) is 24.3 Å². The van der Waals surface area contributed by atoms with Gasteiger partial charge in [-0.05, 0) is 57.4 Å². The molecule has 1 unspecified atom stereocenters. The zero-order valence-electron chi connectivity index (χ0n) is 18.7. The Bertz CT molecular complexity index is 1080. The summed E-state index contributed by atoms with van der Waals surface area (Å²) in [4.78, 5) is 28.8.